The van der Waals surface area contributed by atoms with Gasteiger partial charge in [0.1, 0.15) is 17.2 Å². The molecule has 1 saturated heterocycles. The summed E-state index contributed by atoms with van der Waals surface area (Å²) in [7, 11) is 0.756. The Morgan fingerprint density at radius 2 is 1.86 bits per heavy atom. The van der Waals surface area contributed by atoms with Crippen molar-refractivity contribution in [2.75, 3.05) is 7.11 Å². The maximum atomic E-state index is 12.1. The molecule has 2 rings (SSSR count). The Balaban J connectivity index is 2.05. The quantitative estimate of drug-likeness (QED) is 0.615. The molecule has 1 aromatic rings. The molecule has 0 aliphatic carbocycles. The minimum absolute atomic E-state index is 0.261. The van der Waals surface area contributed by atoms with E-state index >= 15 is 0 Å². The van der Waals surface area contributed by atoms with Crippen LogP contribution in [0.5, 0.6) is 0 Å². The van der Waals surface area contributed by atoms with Gasteiger partial charge >= 0.3 is 19.2 Å². The fourth-order valence-corrected chi connectivity index (χ4v) is 2.60. The van der Waals surface area contributed by atoms with E-state index in [9.17, 15) is 9.59 Å². The first-order chi connectivity index (χ1) is 12.9. The molecule has 0 aromatic heterocycles. The van der Waals surface area contributed by atoms with Crippen LogP contribution in [0.15, 0.2) is 36.6 Å². The molecule has 0 spiro atoms. The van der Waals surface area contributed by atoms with Gasteiger partial charge in [0.15, 0.2) is 0 Å². The van der Waals surface area contributed by atoms with E-state index in [-0.39, 0.29) is 6.42 Å². The summed E-state index contributed by atoms with van der Waals surface area (Å²) in [4.78, 5) is 24.1. The second kappa shape index (κ2) is 8.26. The number of alkyl carbamates (subject to hydrolysis) is 1. The molecule has 0 radical (unpaired) electrons. The van der Waals surface area contributed by atoms with Crippen LogP contribution in [0.1, 0.15) is 40.2 Å². The highest BCUT2D eigenvalue weighted by atomic mass is 16.7. The smallest absolute Gasteiger partial charge is 0.534 e. The molecular weight excluding hydrogens is 361 g/mol. The van der Waals surface area contributed by atoms with Crippen LogP contribution in [0.4, 0.5) is 4.79 Å². The second-order valence-corrected chi connectivity index (χ2v) is 8.17. The highest BCUT2D eigenvalue weighted by molar-refractivity contribution is 6.62. The molecule has 1 heterocycles. The molecule has 1 atom stereocenters. The molecule has 0 unspecified atom stereocenters. The number of rotatable bonds is 5. The number of esters is 1. The lowest BCUT2D eigenvalue weighted by atomic mass is 9.78. The Bertz CT molecular complexity index is 738. The average molecular weight is 389 g/mol. The summed E-state index contributed by atoms with van der Waals surface area (Å²) in [5.74, 6) is 0.0318. The highest BCUT2D eigenvalue weighted by Gasteiger charge is 2.42. The number of methoxy groups -OCH3 is 1. The minimum atomic E-state index is -0.858. The van der Waals surface area contributed by atoms with Gasteiger partial charge in [-0.1, -0.05) is 30.8 Å². The third-order valence-electron chi connectivity index (χ3n) is 4.19. The van der Waals surface area contributed by atoms with Crippen LogP contribution < -0.4 is 10.8 Å². The molecule has 28 heavy (non-hydrogen) atoms. The van der Waals surface area contributed by atoms with E-state index in [1.54, 1.807) is 20.8 Å². The van der Waals surface area contributed by atoms with Gasteiger partial charge in [-0.05, 0) is 45.6 Å². The summed E-state index contributed by atoms with van der Waals surface area (Å²) in [5, 5.41) is 2.56. The Kier molecular flexibility index (Phi) is 6.44. The summed E-state index contributed by atoms with van der Waals surface area (Å²) >= 11 is 0. The number of benzene rings is 1. The zero-order valence-corrected chi connectivity index (χ0v) is 17.3. The molecular formula is C20H28BNO6. The maximum Gasteiger partial charge on any atom is 0.563 e. The van der Waals surface area contributed by atoms with Crippen LogP contribution in [0.25, 0.3) is 0 Å². The van der Waals surface area contributed by atoms with Crippen LogP contribution in [0, 0.1) is 0 Å². The van der Waals surface area contributed by atoms with E-state index in [2.05, 4.69) is 11.9 Å². The van der Waals surface area contributed by atoms with Crippen molar-refractivity contribution in [1.29, 1.82) is 0 Å². The Labute approximate surface area is 166 Å². The van der Waals surface area contributed by atoms with Crippen LogP contribution in [-0.2, 0) is 30.0 Å². The highest BCUT2D eigenvalue weighted by Crippen LogP contribution is 2.29. The third kappa shape index (κ3) is 5.76. The number of hydrogen-bond acceptors (Lipinski definition) is 6. The monoisotopic (exact) mass is 389 g/mol. The number of nitrogens with one attached hydrogen (secondary N) is 1. The summed E-state index contributed by atoms with van der Waals surface area (Å²) in [6.45, 7) is 12.9. The Morgan fingerprint density at radius 3 is 2.32 bits per heavy atom. The molecule has 7 nitrogen and oxygen atoms in total. The fraction of sp³-hybridized carbons (Fsp3) is 0.500. The van der Waals surface area contributed by atoms with Crippen molar-refractivity contribution in [3.8, 4) is 0 Å². The fourth-order valence-electron chi connectivity index (χ4n) is 2.60. The van der Waals surface area contributed by atoms with E-state index < -0.39 is 36.4 Å². The average Bonchev–Trinajstić information content (AvgIpc) is 2.85. The van der Waals surface area contributed by atoms with Crippen LogP contribution in [0.3, 0.4) is 0 Å². The van der Waals surface area contributed by atoms with Crippen molar-refractivity contribution in [3.63, 3.8) is 0 Å². The molecule has 1 amide bonds. The SMILES string of the molecule is C=C1OB(c2ccc(C[C@H](NC(=O)OC(C)(C)C)C(=O)OC)cc2)OC1(C)C. The molecule has 1 aromatic carbocycles. The summed E-state index contributed by atoms with van der Waals surface area (Å²) in [5.41, 5.74) is 0.471. The Morgan fingerprint density at radius 1 is 1.25 bits per heavy atom. The van der Waals surface area contributed by atoms with Crippen molar-refractivity contribution in [2.24, 2.45) is 0 Å². The lowest BCUT2D eigenvalue weighted by Crippen LogP contribution is -2.45. The molecule has 152 valence electrons. The van der Waals surface area contributed by atoms with Gasteiger partial charge in [0, 0.05) is 6.42 Å². The molecule has 8 heteroatoms. The summed E-state index contributed by atoms with van der Waals surface area (Å²) in [6.07, 6.45) is -0.412. The van der Waals surface area contributed by atoms with E-state index in [1.165, 1.54) is 7.11 Å². The molecule has 0 bridgehead atoms. The van der Waals surface area contributed by atoms with Crippen LogP contribution in [0.2, 0.25) is 0 Å². The van der Waals surface area contributed by atoms with E-state index in [0.717, 1.165) is 11.0 Å². The maximum absolute atomic E-state index is 12.1. The number of hydrogen-bond donors (Lipinski definition) is 1. The summed E-state index contributed by atoms with van der Waals surface area (Å²) in [6, 6.07) is 6.56. The van der Waals surface area contributed by atoms with E-state index in [1.807, 2.05) is 38.1 Å². The van der Waals surface area contributed by atoms with Gasteiger partial charge in [0.05, 0.1) is 12.9 Å². The zero-order chi connectivity index (χ0) is 21.1. The van der Waals surface area contributed by atoms with E-state index in [4.69, 9.17) is 18.8 Å². The van der Waals surface area contributed by atoms with Gasteiger partial charge in [-0.25, -0.2) is 9.59 Å². The summed E-state index contributed by atoms with van der Waals surface area (Å²) < 4.78 is 21.5. The largest absolute Gasteiger partial charge is 0.563 e. The van der Waals surface area contributed by atoms with Crippen LogP contribution in [-0.4, -0.2) is 43.5 Å². The van der Waals surface area contributed by atoms with Crippen molar-refractivity contribution in [1.82, 2.24) is 5.32 Å². The number of amides is 1. The van der Waals surface area contributed by atoms with E-state index in [0.29, 0.717) is 5.76 Å². The third-order valence-corrected chi connectivity index (χ3v) is 4.19. The van der Waals surface area contributed by atoms with Gasteiger partial charge in [-0.15, -0.1) is 0 Å². The first kappa shape index (κ1) is 21.8. The first-order valence-electron chi connectivity index (χ1n) is 9.11. The predicted molar refractivity (Wildman–Crippen MR) is 106 cm³/mol. The van der Waals surface area contributed by atoms with Gasteiger partial charge < -0.3 is 24.1 Å². The molecule has 0 saturated carbocycles. The second-order valence-electron chi connectivity index (χ2n) is 8.17. The number of ether oxygens (including phenoxy) is 2. The predicted octanol–water partition coefficient (Wildman–Crippen LogP) is 2.33. The molecule has 1 aliphatic heterocycles. The van der Waals surface area contributed by atoms with Crippen molar-refractivity contribution in [2.45, 2.75) is 58.3 Å². The lowest BCUT2D eigenvalue weighted by Gasteiger charge is -2.22. The number of carbonyl (C=O) groups excluding carboxylic acids is 2. The Hall–Kier alpha value is -2.48. The van der Waals surface area contributed by atoms with Crippen molar-refractivity contribution in [3.05, 3.63) is 42.2 Å². The standard InChI is InChI=1S/C20H28BNO6/c1-13-20(5,6)28-21(27-13)15-10-8-14(9-11-15)12-16(17(23)25-7)22-18(24)26-19(2,3)4/h8-11,16H,1,12H2,2-7H3,(H,22,24)/t16-/m0/s1. The zero-order valence-electron chi connectivity index (χ0n) is 17.3. The first-order valence-corrected chi connectivity index (χ1v) is 9.11. The molecule has 1 fully saturated rings. The van der Waals surface area contributed by atoms with Gasteiger partial charge in [-0.3, -0.25) is 0 Å². The lowest BCUT2D eigenvalue weighted by molar-refractivity contribution is -0.143. The molecule has 1 N–H and O–H groups in total. The van der Waals surface area contributed by atoms with Gasteiger partial charge in [-0.2, -0.15) is 0 Å². The topological polar surface area (TPSA) is 83.1 Å². The molecule has 1 aliphatic rings. The van der Waals surface area contributed by atoms with Crippen LogP contribution >= 0.6 is 0 Å². The van der Waals surface area contributed by atoms with Gasteiger partial charge in [0.25, 0.3) is 0 Å². The normalized spacial score (nSPS) is 16.9. The minimum Gasteiger partial charge on any atom is -0.534 e. The van der Waals surface area contributed by atoms with Crippen molar-refractivity contribution >= 4 is 24.6 Å². The van der Waals surface area contributed by atoms with Gasteiger partial charge in [0.2, 0.25) is 0 Å². The van der Waals surface area contributed by atoms with Crippen molar-refractivity contribution < 1.29 is 28.4 Å². The number of carbonyl (C=O) groups is 2.